The Morgan fingerprint density at radius 1 is 1.32 bits per heavy atom. The van der Waals surface area contributed by atoms with Gasteiger partial charge < -0.3 is 19.9 Å². The van der Waals surface area contributed by atoms with Crippen molar-refractivity contribution in [2.75, 3.05) is 39.3 Å². The van der Waals surface area contributed by atoms with Crippen LogP contribution in [0.3, 0.4) is 0 Å². The number of aliphatic imine (C=N–C) groups is 1. The van der Waals surface area contributed by atoms with Crippen LogP contribution in [0.25, 0.3) is 0 Å². The van der Waals surface area contributed by atoms with Gasteiger partial charge in [0.2, 0.25) is 0 Å². The second-order valence-corrected chi connectivity index (χ2v) is 9.57. The average molecular weight is 434 g/mol. The van der Waals surface area contributed by atoms with Crippen LogP contribution < -0.4 is 10.6 Å². The monoisotopic (exact) mass is 433 g/mol. The van der Waals surface area contributed by atoms with E-state index in [4.69, 9.17) is 9.73 Å². The quantitative estimate of drug-likeness (QED) is 0.460. The molecule has 2 heterocycles. The van der Waals surface area contributed by atoms with Crippen LogP contribution in [0.2, 0.25) is 0 Å². The lowest BCUT2D eigenvalue weighted by Crippen LogP contribution is -2.49. The van der Waals surface area contributed by atoms with E-state index in [1.807, 2.05) is 6.33 Å². The van der Waals surface area contributed by atoms with Crippen molar-refractivity contribution in [3.63, 3.8) is 0 Å². The van der Waals surface area contributed by atoms with Gasteiger partial charge in [0.25, 0.3) is 0 Å². The minimum atomic E-state index is 0.166. The summed E-state index contributed by atoms with van der Waals surface area (Å²) in [5, 5.41) is 15.5. The van der Waals surface area contributed by atoms with Crippen molar-refractivity contribution in [3.05, 3.63) is 12.2 Å². The van der Waals surface area contributed by atoms with Crippen LogP contribution in [0, 0.1) is 11.8 Å². The molecule has 8 heteroatoms. The van der Waals surface area contributed by atoms with Crippen molar-refractivity contribution in [2.24, 2.45) is 16.8 Å². The highest BCUT2D eigenvalue weighted by Gasteiger charge is 2.23. The highest BCUT2D eigenvalue weighted by Crippen LogP contribution is 2.23. The lowest BCUT2D eigenvalue weighted by molar-refractivity contribution is -0.0262. The first-order chi connectivity index (χ1) is 15.0. The molecule has 1 saturated heterocycles. The zero-order valence-electron chi connectivity index (χ0n) is 20.0. The first-order valence-electron chi connectivity index (χ1n) is 12.3. The molecule has 0 radical (unpaired) electrons. The van der Waals surface area contributed by atoms with Gasteiger partial charge in [0.05, 0.1) is 19.3 Å². The molecule has 1 aromatic heterocycles. The van der Waals surface area contributed by atoms with Crippen molar-refractivity contribution in [1.82, 2.24) is 30.3 Å². The summed E-state index contributed by atoms with van der Waals surface area (Å²) in [6.07, 6.45) is 8.02. The first-order valence-corrected chi connectivity index (χ1v) is 12.3. The Bertz CT molecular complexity index is 675. The van der Waals surface area contributed by atoms with E-state index in [0.29, 0.717) is 24.4 Å². The fraction of sp³-hybridized carbons (Fsp3) is 0.870. The maximum absolute atomic E-state index is 6.02. The van der Waals surface area contributed by atoms with Crippen molar-refractivity contribution in [3.8, 4) is 0 Å². The standard InChI is InChI=1S/C23H43N7O/c1-5-22-28-26-17-30(22)11-10-24-23(27-21-9-7-6-8-19(21)4)25-14-20-16-29(12-13-31-20)15-18(2)3/h17-21H,5-16H2,1-4H3,(H2,24,25,27). The van der Waals surface area contributed by atoms with Crippen molar-refractivity contribution >= 4 is 5.96 Å². The molecular weight excluding hydrogens is 390 g/mol. The maximum Gasteiger partial charge on any atom is 0.191 e. The van der Waals surface area contributed by atoms with Gasteiger partial charge in [-0.3, -0.25) is 9.89 Å². The minimum absolute atomic E-state index is 0.166. The van der Waals surface area contributed by atoms with E-state index in [2.05, 4.69) is 58.0 Å². The van der Waals surface area contributed by atoms with Gasteiger partial charge in [-0.15, -0.1) is 10.2 Å². The van der Waals surface area contributed by atoms with Gasteiger partial charge in [-0.25, -0.2) is 0 Å². The van der Waals surface area contributed by atoms with Gasteiger partial charge in [-0.1, -0.05) is 40.5 Å². The van der Waals surface area contributed by atoms with Gasteiger partial charge in [-0.05, 0) is 24.7 Å². The Morgan fingerprint density at radius 2 is 2.16 bits per heavy atom. The number of nitrogens with one attached hydrogen (secondary N) is 2. The number of hydrogen-bond acceptors (Lipinski definition) is 5. The molecule has 3 atom stereocenters. The lowest BCUT2D eigenvalue weighted by Gasteiger charge is -2.34. The predicted molar refractivity (Wildman–Crippen MR) is 125 cm³/mol. The molecular formula is C23H43N7O. The number of guanidine groups is 1. The second kappa shape index (κ2) is 12.4. The molecule has 0 bridgehead atoms. The summed E-state index contributed by atoms with van der Waals surface area (Å²) in [5.74, 6) is 3.29. The number of aromatic nitrogens is 3. The molecule has 1 saturated carbocycles. The summed E-state index contributed by atoms with van der Waals surface area (Å²) in [7, 11) is 0. The topological polar surface area (TPSA) is 79.6 Å². The largest absolute Gasteiger partial charge is 0.374 e. The van der Waals surface area contributed by atoms with Crippen LogP contribution in [0.15, 0.2) is 11.3 Å². The molecule has 3 unspecified atom stereocenters. The Morgan fingerprint density at radius 3 is 2.94 bits per heavy atom. The van der Waals surface area contributed by atoms with E-state index < -0.39 is 0 Å². The molecule has 0 spiro atoms. The highest BCUT2D eigenvalue weighted by molar-refractivity contribution is 5.80. The zero-order valence-corrected chi connectivity index (χ0v) is 20.0. The summed E-state index contributed by atoms with van der Waals surface area (Å²) in [6.45, 7) is 15.3. The number of hydrogen-bond donors (Lipinski definition) is 2. The Labute approximate surface area is 188 Å². The number of aryl methyl sites for hydroxylation is 1. The van der Waals surface area contributed by atoms with Crippen LogP contribution in [0.5, 0.6) is 0 Å². The number of morpholine rings is 1. The van der Waals surface area contributed by atoms with E-state index in [-0.39, 0.29) is 6.10 Å². The van der Waals surface area contributed by atoms with E-state index in [0.717, 1.165) is 57.5 Å². The van der Waals surface area contributed by atoms with E-state index in [9.17, 15) is 0 Å². The number of nitrogens with zero attached hydrogens (tertiary/aromatic N) is 5. The van der Waals surface area contributed by atoms with Gasteiger partial charge >= 0.3 is 0 Å². The SMILES string of the molecule is CCc1nncn1CCNC(=NCC1CN(CC(C)C)CCO1)NC1CCCCC1C. The molecule has 0 amide bonds. The van der Waals surface area contributed by atoms with Crippen LogP contribution in [-0.4, -0.2) is 77.1 Å². The lowest BCUT2D eigenvalue weighted by atomic mass is 9.86. The summed E-state index contributed by atoms with van der Waals surface area (Å²) in [5.41, 5.74) is 0. The van der Waals surface area contributed by atoms with Gasteiger partial charge in [0, 0.05) is 45.2 Å². The zero-order chi connectivity index (χ0) is 22.1. The molecule has 1 aliphatic carbocycles. The van der Waals surface area contributed by atoms with E-state index in [1.165, 1.54) is 25.7 Å². The second-order valence-electron chi connectivity index (χ2n) is 9.57. The van der Waals surface area contributed by atoms with E-state index >= 15 is 0 Å². The predicted octanol–water partition coefficient (Wildman–Crippen LogP) is 2.31. The molecule has 2 fully saturated rings. The maximum atomic E-state index is 6.02. The molecule has 31 heavy (non-hydrogen) atoms. The van der Waals surface area contributed by atoms with Crippen LogP contribution >= 0.6 is 0 Å². The van der Waals surface area contributed by atoms with E-state index in [1.54, 1.807) is 0 Å². The first kappa shape index (κ1) is 24.0. The molecule has 2 aliphatic rings. The summed E-state index contributed by atoms with van der Waals surface area (Å²) >= 11 is 0. The Kier molecular flexibility index (Phi) is 9.58. The minimum Gasteiger partial charge on any atom is -0.374 e. The molecule has 176 valence electrons. The van der Waals surface area contributed by atoms with Crippen molar-refractivity contribution in [1.29, 1.82) is 0 Å². The smallest absolute Gasteiger partial charge is 0.191 e. The summed E-state index contributed by atoms with van der Waals surface area (Å²) in [4.78, 5) is 7.46. The molecule has 8 nitrogen and oxygen atoms in total. The summed E-state index contributed by atoms with van der Waals surface area (Å²) in [6, 6.07) is 0.492. The summed E-state index contributed by atoms with van der Waals surface area (Å²) < 4.78 is 8.13. The van der Waals surface area contributed by atoms with Gasteiger partial charge in [-0.2, -0.15) is 0 Å². The molecule has 0 aromatic carbocycles. The molecule has 3 rings (SSSR count). The molecule has 2 N–H and O–H groups in total. The fourth-order valence-electron chi connectivity index (χ4n) is 4.66. The van der Waals surface area contributed by atoms with Crippen LogP contribution in [0.4, 0.5) is 0 Å². The normalized spacial score (nSPS) is 25.7. The third kappa shape index (κ3) is 7.75. The van der Waals surface area contributed by atoms with Crippen LogP contribution in [0.1, 0.15) is 59.2 Å². The Balaban J connectivity index is 1.57. The molecule has 1 aromatic rings. The van der Waals surface area contributed by atoms with Crippen molar-refractivity contribution in [2.45, 2.75) is 78.5 Å². The molecule has 1 aliphatic heterocycles. The third-order valence-corrected chi connectivity index (χ3v) is 6.39. The fourth-order valence-corrected chi connectivity index (χ4v) is 4.66. The highest BCUT2D eigenvalue weighted by atomic mass is 16.5. The number of rotatable bonds is 9. The average Bonchev–Trinajstić information content (AvgIpc) is 3.21. The van der Waals surface area contributed by atoms with Crippen LogP contribution in [-0.2, 0) is 17.7 Å². The third-order valence-electron chi connectivity index (χ3n) is 6.39. The van der Waals surface area contributed by atoms with Crippen molar-refractivity contribution < 1.29 is 4.74 Å². The number of ether oxygens (including phenoxy) is 1. The Hall–Kier alpha value is -1.67. The van der Waals surface area contributed by atoms with Gasteiger partial charge in [0.1, 0.15) is 12.2 Å². The van der Waals surface area contributed by atoms with Gasteiger partial charge in [0.15, 0.2) is 5.96 Å².